The zero-order valence-corrected chi connectivity index (χ0v) is 19.2. The lowest BCUT2D eigenvalue weighted by atomic mass is 9.97. The number of likely N-dealkylation sites (N-methyl/N-ethyl adjacent to an activating group) is 1. The number of rotatable bonds is 7. The predicted molar refractivity (Wildman–Crippen MR) is 118 cm³/mol. The first-order valence-electron chi connectivity index (χ1n) is 10.9. The molecule has 1 amide bonds. The second kappa shape index (κ2) is 9.96. The van der Waals surface area contributed by atoms with Gasteiger partial charge in [-0.05, 0) is 37.1 Å². The van der Waals surface area contributed by atoms with Crippen LogP contribution in [0.3, 0.4) is 0 Å². The maximum absolute atomic E-state index is 13.6. The monoisotopic (exact) mass is 478 g/mol. The Bertz CT molecular complexity index is 1100. The van der Waals surface area contributed by atoms with Crippen LogP contribution in [0.4, 0.5) is 4.39 Å². The Morgan fingerprint density at radius 1 is 1.12 bits per heavy atom. The van der Waals surface area contributed by atoms with E-state index in [0.29, 0.717) is 44.1 Å². The number of para-hydroxylation sites is 1. The molecule has 0 saturated carbocycles. The number of nitrogens with zero attached hydrogens (tertiary/aromatic N) is 2. The number of hydrogen-bond donors (Lipinski definition) is 0. The molecule has 2 aliphatic heterocycles. The van der Waals surface area contributed by atoms with Crippen molar-refractivity contribution < 1.29 is 31.8 Å². The summed E-state index contributed by atoms with van der Waals surface area (Å²) in [5.74, 6) is 0.325. The van der Waals surface area contributed by atoms with Crippen LogP contribution in [0.2, 0.25) is 0 Å². The van der Waals surface area contributed by atoms with Crippen LogP contribution >= 0.6 is 0 Å². The van der Waals surface area contributed by atoms with Crippen LogP contribution in [-0.4, -0.2) is 70.0 Å². The van der Waals surface area contributed by atoms with Crippen LogP contribution < -0.4 is 14.2 Å². The van der Waals surface area contributed by atoms with Crippen LogP contribution in [0, 0.1) is 11.7 Å². The van der Waals surface area contributed by atoms with Crippen LogP contribution in [0.25, 0.3) is 0 Å². The summed E-state index contributed by atoms with van der Waals surface area (Å²) < 4.78 is 57.6. The average Bonchev–Trinajstić information content (AvgIpc) is 2.84. The Kier molecular flexibility index (Phi) is 7.04. The molecule has 8 nitrogen and oxygen atoms in total. The van der Waals surface area contributed by atoms with E-state index in [1.807, 2.05) is 0 Å². The van der Waals surface area contributed by atoms with E-state index in [0.717, 1.165) is 0 Å². The van der Waals surface area contributed by atoms with Gasteiger partial charge in [0.15, 0.2) is 23.1 Å². The second-order valence-electron chi connectivity index (χ2n) is 8.02. The molecule has 0 N–H and O–H groups in total. The van der Waals surface area contributed by atoms with Gasteiger partial charge in [-0.2, -0.15) is 4.31 Å². The molecule has 1 saturated heterocycles. The molecule has 0 unspecified atom stereocenters. The molecule has 4 rings (SSSR count). The van der Waals surface area contributed by atoms with E-state index < -0.39 is 15.8 Å². The zero-order valence-electron chi connectivity index (χ0n) is 18.4. The topological polar surface area (TPSA) is 85.4 Å². The highest BCUT2D eigenvalue weighted by Gasteiger charge is 2.33. The minimum atomic E-state index is -3.70. The van der Waals surface area contributed by atoms with Gasteiger partial charge in [0.05, 0.1) is 11.4 Å². The highest BCUT2D eigenvalue weighted by atomic mass is 32.2. The summed E-state index contributed by atoms with van der Waals surface area (Å²) in [6.45, 7) is 1.80. The lowest BCUT2D eigenvalue weighted by Crippen LogP contribution is -2.44. The van der Waals surface area contributed by atoms with Crippen molar-refractivity contribution in [3.63, 3.8) is 0 Å². The molecule has 2 aliphatic rings. The van der Waals surface area contributed by atoms with Crippen molar-refractivity contribution in [2.24, 2.45) is 5.92 Å². The molecule has 1 fully saturated rings. The quantitative estimate of drug-likeness (QED) is 0.608. The SMILES string of the molecule is CN(CCOc1ccccc1F)C(=O)C1CCN(S(=O)(=O)c2ccc3c(c2)OCCO3)CC1. The van der Waals surface area contributed by atoms with Gasteiger partial charge in [-0.15, -0.1) is 0 Å². The Balaban J connectivity index is 1.29. The fraction of sp³-hybridized carbons (Fsp3) is 0.435. The second-order valence-corrected chi connectivity index (χ2v) is 9.96. The number of carbonyl (C=O) groups is 1. The van der Waals surface area contributed by atoms with Crippen molar-refractivity contribution in [3.8, 4) is 17.2 Å². The fourth-order valence-electron chi connectivity index (χ4n) is 3.95. The highest BCUT2D eigenvalue weighted by Crippen LogP contribution is 2.34. The summed E-state index contributed by atoms with van der Waals surface area (Å²) >= 11 is 0. The lowest BCUT2D eigenvalue weighted by molar-refractivity contribution is -0.135. The zero-order chi connectivity index (χ0) is 23.4. The summed E-state index contributed by atoms with van der Waals surface area (Å²) in [4.78, 5) is 14.5. The van der Waals surface area contributed by atoms with E-state index in [1.54, 1.807) is 30.1 Å². The van der Waals surface area contributed by atoms with Gasteiger partial charge in [0.2, 0.25) is 15.9 Å². The molecule has 10 heteroatoms. The third-order valence-corrected chi connectivity index (χ3v) is 7.75. The number of fused-ring (bicyclic) bond motifs is 1. The number of sulfonamides is 1. The third kappa shape index (κ3) is 5.22. The average molecular weight is 479 g/mol. The normalized spacial score (nSPS) is 16.9. The Morgan fingerprint density at radius 3 is 2.55 bits per heavy atom. The lowest BCUT2D eigenvalue weighted by Gasteiger charge is -2.32. The van der Waals surface area contributed by atoms with Gasteiger partial charge in [-0.3, -0.25) is 4.79 Å². The van der Waals surface area contributed by atoms with Crippen LogP contribution in [0.15, 0.2) is 47.4 Å². The van der Waals surface area contributed by atoms with Crippen molar-refractivity contribution >= 4 is 15.9 Å². The van der Waals surface area contributed by atoms with Crippen molar-refractivity contribution in [1.29, 1.82) is 0 Å². The van der Waals surface area contributed by atoms with Crippen molar-refractivity contribution in [2.75, 3.05) is 46.5 Å². The summed E-state index contributed by atoms with van der Waals surface area (Å²) in [6, 6.07) is 10.7. The number of amides is 1. The summed E-state index contributed by atoms with van der Waals surface area (Å²) in [6.07, 6.45) is 0.863. The summed E-state index contributed by atoms with van der Waals surface area (Å²) in [5, 5.41) is 0. The van der Waals surface area contributed by atoms with Crippen molar-refractivity contribution in [2.45, 2.75) is 17.7 Å². The summed E-state index contributed by atoms with van der Waals surface area (Å²) in [7, 11) is -2.02. The first-order chi connectivity index (χ1) is 15.9. The Labute approximate surface area is 192 Å². The molecule has 2 aromatic carbocycles. The number of benzene rings is 2. The van der Waals surface area contributed by atoms with Gasteiger partial charge < -0.3 is 19.1 Å². The smallest absolute Gasteiger partial charge is 0.243 e. The summed E-state index contributed by atoms with van der Waals surface area (Å²) in [5.41, 5.74) is 0. The molecule has 0 radical (unpaired) electrons. The fourth-order valence-corrected chi connectivity index (χ4v) is 5.44. The van der Waals surface area contributed by atoms with Crippen molar-refractivity contribution in [3.05, 3.63) is 48.3 Å². The Morgan fingerprint density at radius 2 is 1.82 bits per heavy atom. The molecular weight excluding hydrogens is 451 g/mol. The van der Waals surface area contributed by atoms with Crippen LogP contribution in [0.1, 0.15) is 12.8 Å². The van der Waals surface area contributed by atoms with E-state index >= 15 is 0 Å². The van der Waals surface area contributed by atoms with Gasteiger partial charge in [0.1, 0.15) is 19.8 Å². The van der Waals surface area contributed by atoms with Crippen molar-refractivity contribution in [1.82, 2.24) is 9.21 Å². The molecule has 0 bridgehead atoms. The molecule has 2 aromatic rings. The van der Waals surface area contributed by atoms with E-state index in [1.165, 1.54) is 28.6 Å². The molecular formula is C23H27FN2O6S. The first kappa shape index (κ1) is 23.3. The van der Waals surface area contributed by atoms with Gasteiger partial charge in [0, 0.05) is 32.1 Å². The van der Waals surface area contributed by atoms with E-state index in [4.69, 9.17) is 14.2 Å². The van der Waals surface area contributed by atoms with E-state index in [-0.39, 0.29) is 42.2 Å². The molecule has 0 aromatic heterocycles. The maximum atomic E-state index is 13.6. The number of carbonyl (C=O) groups excluding carboxylic acids is 1. The van der Waals surface area contributed by atoms with Crippen LogP contribution in [-0.2, 0) is 14.8 Å². The molecule has 33 heavy (non-hydrogen) atoms. The first-order valence-corrected chi connectivity index (χ1v) is 12.3. The predicted octanol–water partition coefficient (Wildman–Crippen LogP) is 2.54. The maximum Gasteiger partial charge on any atom is 0.243 e. The minimum Gasteiger partial charge on any atom is -0.489 e. The molecule has 0 atom stereocenters. The number of hydrogen-bond acceptors (Lipinski definition) is 6. The number of piperidine rings is 1. The van der Waals surface area contributed by atoms with Gasteiger partial charge in [0.25, 0.3) is 0 Å². The van der Waals surface area contributed by atoms with Crippen LogP contribution in [0.5, 0.6) is 17.2 Å². The molecule has 2 heterocycles. The van der Waals surface area contributed by atoms with E-state index in [9.17, 15) is 17.6 Å². The largest absolute Gasteiger partial charge is 0.489 e. The third-order valence-electron chi connectivity index (χ3n) is 5.85. The highest BCUT2D eigenvalue weighted by molar-refractivity contribution is 7.89. The molecule has 178 valence electrons. The van der Waals surface area contributed by atoms with Gasteiger partial charge in [-0.25, -0.2) is 12.8 Å². The molecule has 0 aliphatic carbocycles. The number of ether oxygens (including phenoxy) is 3. The standard InChI is InChI=1S/C23H27FN2O6S/c1-25(12-13-30-20-5-3-2-4-19(20)24)23(27)17-8-10-26(11-9-17)33(28,29)18-6-7-21-22(16-18)32-15-14-31-21/h2-7,16-17H,8-15H2,1H3. The van der Waals surface area contributed by atoms with Gasteiger partial charge >= 0.3 is 0 Å². The Hall–Kier alpha value is -2.85. The van der Waals surface area contributed by atoms with Gasteiger partial charge in [-0.1, -0.05) is 12.1 Å². The number of halogens is 1. The minimum absolute atomic E-state index is 0.0662. The molecule has 0 spiro atoms. The van der Waals surface area contributed by atoms with E-state index in [2.05, 4.69) is 0 Å².